The molecule has 2 aromatic carbocycles. The molecular formula is C14H13ClF3NO3. The number of alkyl halides is 3. The number of nitrogens with two attached hydrogens (primary N) is 1. The molecule has 120 valence electrons. The van der Waals surface area contributed by atoms with Crippen molar-refractivity contribution in [1.29, 1.82) is 0 Å². The fourth-order valence-electron chi connectivity index (χ4n) is 1.85. The van der Waals surface area contributed by atoms with Gasteiger partial charge in [0.1, 0.15) is 17.2 Å². The van der Waals surface area contributed by atoms with Gasteiger partial charge in [-0.2, -0.15) is 0 Å². The molecule has 0 bridgehead atoms. The van der Waals surface area contributed by atoms with Gasteiger partial charge >= 0.3 is 6.36 Å². The zero-order valence-corrected chi connectivity index (χ0v) is 11.9. The Labute approximate surface area is 130 Å². The number of phenols is 2. The lowest BCUT2D eigenvalue weighted by Crippen LogP contribution is -2.17. The minimum Gasteiger partial charge on any atom is -0.508 e. The highest BCUT2D eigenvalue weighted by Gasteiger charge is 2.31. The fraction of sp³-hybridized carbons (Fsp3) is 0.143. The first-order valence-electron chi connectivity index (χ1n) is 5.89. The average molecular weight is 336 g/mol. The zero-order valence-electron chi connectivity index (χ0n) is 11.0. The van der Waals surface area contributed by atoms with E-state index in [9.17, 15) is 23.4 Å². The van der Waals surface area contributed by atoms with E-state index in [1.54, 1.807) is 0 Å². The molecule has 2 rings (SSSR count). The summed E-state index contributed by atoms with van der Waals surface area (Å²) < 4.78 is 39.9. The summed E-state index contributed by atoms with van der Waals surface area (Å²) >= 11 is 0. The molecular weight excluding hydrogens is 323 g/mol. The van der Waals surface area contributed by atoms with Crippen LogP contribution < -0.4 is 10.5 Å². The molecule has 0 aliphatic rings. The molecule has 0 fully saturated rings. The first-order chi connectivity index (χ1) is 9.76. The number of aromatic hydroxyl groups is 2. The Balaban J connectivity index is 0.00000242. The summed E-state index contributed by atoms with van der Waals surface area (Å²) in [6.07, 6.45) is -4.75. The van der Waals surface area contributed by atoms with Crippen LogP contribution >= 0.6 is 12.4 Å². The SMILES string of the molecule is Cl.N[C@H](c1ccc(OC(F)(F)F)cc1)c1ccc(O)cc1O. The van der Waals surface area contributed by atoms with Gasteiger partial charge in [-0.25, -0.2) is 0 Å². The molecule has 0 spiro atoms. The standard InChI is InChI=1S/C14H12F3NO3.ClH/c15-14(16,17)21-10-4-1-8(2-5-10)13(18)11-6-3-9(19)7-12(11)20;/h1-7,13,19-20H,18H2;1H/t13-;/m1./s1. The maximum Gasteiger partial charge on any atom is 0.573 e. The Hall–Kier alpha value is -2.12. The molecule has 0 aliphatic carbocycles. The molecule has 22 heavy (non-hydrogen) atoms. The van der Waals surface area contributed by atoms with Crippen molar-refractivity contribution in [3.8, 4) is 17.2 Å². The Morgan fingerprint density at radius 1 is 1.00 bits per heavy atom. The Morgan fingerprint density at radius 2 is 1.59 bits per heavy atom. The van der Waals surface area contributed by atoms with E-state index in [0.717, 1.165) is 18.2 Å². The third-order valence-electron chi connectivity index (χ3n) is 2.82. The van der Waals surface area contributed by atoms with Crippen LogP contribution in [0.15, 0.2) is 42.5 Å². The van der Waals surface area contributed by atoms with Crippen LogP contribution in [0.3, 0.4) is 0 Å². The first kappa shape index (κ1) is 17.9. The van der Waals surface area contributed by atoms with E-state index in [2.05, 4.69) is 4.74 Å². The lowest BCUT2D eigenvalue weighted by atomic mass is 9.98. The first-order valence-corrected chi connectivity index (χ1v) is 5.89. The molecule has 0 unspecified atom stereocenters. The van der Waals surface area contributed by atoms with Gasteiger partial charge in [0.05, 0.1) is 6.04 Å². The average Bonchev–Trinajstić information content (AvgIpc) is 2.37. The fourth-order valence-corrected chi connectivity index (χ4v) is 1.85. The van der Waals surface area contributed by atoms with Crippen molar-refractivity contribution in [3.05, 3.63) is 53.6 Å². The van der Waals surface area contributed by atoms with E-state index < -0.39 is 12.4 Å². The Bertz CT molecular complexity index is 632. The lowest BCUT2D eigenvalue weighted by molar-refractivity contribution is -0.274. The minimum absolute atomic E-state index is 0. The number of hydrogen-bond donors (Lipinski definition) is 3. The molecule has 0 radical (unpaired) electrons. The Morgan fingerprint density at radius 3 is 2.09 bits per heavy atom. The van der Waals surface area contributed by atoms with Crippen LogP contribution in [-0.4, -0.2) is 16.6 Å². The quantitative estimate of drug-likeness (QED) is 0.803. The van der Waals surface area contributed by atoms with E-state index in [0.29, 0.717) is 11.1 Å². The summed E-state index contributed by atoms with van der Waals surface area (Å²) in [5.41, 5.74) is 6.78. The summed E-state index contributed by atoms with van der Waals surface area (Å²) in [5, 5.41) is 18.9. The number of benzene rings is 2. The summed E-state index contributed by atoms with van der Waals surface area (Å²) in [7, 11) is 0. The molecule has 0 saturated heterocycles. The van der Waals surface area contributed by atoms with Gasteiger partial charge in [-0.3, -0.25) is 0 Å². The molecule has 4 nitrogen and oxygen atoms in total. The maximum atomic E-state index is 12.1. The second-order valence-corrected chi connectivity index (χ2v) is 4.34. The summed E-state index contributed by atoms with van der Waals surface area (Å²) in [4.78, 5) is 0. The van der Waals surface area contributed by atoms with Gasteiger partial charge in [0, 0.05) is 11.6 Å². The number of phenolic OH excluding ortho intramolecular Hbond substituents is 2. The predicted octanol–water partition coefficient (Wildman–Crippen LogP) is 3.47. The summed E-state index contributed by atoms with van der Waals surface area (Å²) in [6.45, 7) is 0. The minimum atomic E-state index is -4.75. The number of ether oxygens (including phenoxy) is 1. The summed E-state index contributed by atoms with van der Waals surface area (Å²) in [5.74, 6) is -0.663. The number of halogens is 4. The topological polar surface area (TPSA) is 75.7 Å². The van der Waals surface area contributed by atoms with E-state index in [-0.39, 0.29) is 29.7 Å². The Kier molecular flexibility index (Phi) is 5.51. The molecule has 0 aromatic heterocycles. The molecule has 8 heteroatoms. The van der Waals surface area contributed by atoms with Gasteiger partial charge in [-0.05, 0) is 29.8 Å². The largest absolute Gasteiger partial charge is 0.573 e. The zero-order chi connectivity index (χ0) is 15.6. The molecule has 0 amide bonds. The van der Waals surface area contributed by atoms with Crippen LogP contribution in [0.4, 0.5) is 13.2 Å². The smallest absolute Gasteiger partial charge is 0.508 e. The molecule has 0 saturated carbocycles. The van der Waals surface area contributed by atoms with Gasteiger partial charge in [0.15, 0.2) is 0 Å². The molecule has 4 N–H and O–H groups in total. The molecule has 1 atom stereocenters. The van der Waals surface area contributed by atoms with Crippen molar-refractivity contribution < 1.29 is 28.1 Å². The molecule has 2 aromatic rings. The van der Waals surface area contributed by atoms with Gasteiger partial charge in [0.25, 0.3) is 0 Å². The maximum absolute atomic E-state index is 12.1. The van der Waals surface area contributed by atoms with Gasteiger partial charge < -0.3 is 20.7 Å². The third kappa shape index (κ3) is 4.44. The van der Waals surface area contributed by atoms with Crippen LogP contribution in [0.25, 0.3) is 0 Å². The van der Waals surface area contributed by atoms with E-state index in [4.69, 9.17) is 5.73 Å². The van der Waals surface area contributed by atoms with Gasteiger partial charge in [-0.1, -0.05) is 12.1 Å². The van der Waals surface area contributed by atoms with Crippen LogP contribution in [0.1, 0.15) is 17.2 Å². The normalized spacial score (nSPS) is 12.4. The van der Waals surface area contributed by atoms with Crippen LogP contribution in [0.5, 0.6) is 17.2 Å². The highest BCUT2D eigenvalue weighted by molar-refractivity contribution is 5.85. The third-order valence-corrected chi connectivity index (χ3v) is 2.82. The van der Waals surface area contributed by atoms with Gasteiger partial charge in [0.2, 0.25) is 0 Å². The van der Waals surface area contributed by atoms with Crippen molar-refractivity contribution in [3.63, 3.8) is 0 Å². The van der Waals surface area contributed by atoms with Crippen molar-refractivity contribution in [2.75, 3.05) is 0 Å². The van der Waals surface area contributed by atoms with Crippen molar-refractivity contribution in [2.45, 2.75) is 12.4 Å². The predicted molar refractivity (Wildman–Crippen MR) is 76.2 cm³/mol. The number of hydrogen-bond acceptors (Lipinski definition) is 4. The molecule has 0 aliphatic heterocycles. The number of rotatable bonds is 3. The van der Waals surface area contributed by atoms with Crippen molar-refractivity contribution >= 4 is 12.4 Å². The highest BCUT2D eigenvalue weighted by atomic mass is 35.5. The summed E-state index contributed by atoms with van der Waals surface area (Å²) in [6, 6.07) is 8.21. The lowest BCUT2D eigenvalue weighted by Gasteiger charge is -2.15. The van der Waals surface area contributed by atoms with Crippen LogP contribution in [0, 0.1) is 0 Å². The van der Waals surface area contributed by atoms with E-state index in [1.165, 1.54) is 24.3 Å². The van der Waals surface area contributed by atoms with Gasteiger partial charge in [-0.15, -0.1) is 25.6 Å². The second-order valence-electron chi connectivity index (χ2n) is 4.34. The van der Waals surface area contributed by atoms with E-state index >= 15 is 0 Å². The van der Waals surface area contributed by atoms with Crippen LogP contribution in [-0.2, 0) is 0 Å². The molecule has 0 heterocycles. The van der Waals surface area contributed by atoms with Crippen molar-refractivity contribution in [1.82, 2.24) is 0 Å². The van der Waals surface area contributed by atoms with Crippen molar-refractivity contribution in [2.24, 2.45) is 5.73 Å². The highest BCUT2D eigenvalue weighted by Crippen LogP contribution is 2.31. The monoisotopic (exact) mass is 335 g/mol. The second kappa shape index (κ2) is 6.76. The van der Waals surface area contributed by atoms with Crippen LogP contribution in [0.2, 0.25) is 0 Å². The van der Waals surface area contributed by atoms with E-state index in [1.807, 2.05) is 0 Å².